The van der Waals surface area contributed by atoms with Crippen molar-refractivity contribution in [2.45, 2.75) is 70.9 Å². The lowest BCUT2D eigenvalue weighted by Crippen LogP contribution is -2.50. The monoisotopic (exact) mass is 1120 g/mol. The van der Waals surface area contributed by atoms with E-state index in [1.165, 1.54) is 36.0 Å². The number of aromatic nitrogens is 10. The molecule has 0 spiro atoms. The summed E-state index contributed by atoms with van der Waals surface area (Å²) in [5.41, 5.74) is 4.13. The number of pyridine rings is 2. The maximum absolute atomic E-state index is 13.9. The number of anilines is 3. The first-order chi connectivity index (χ1) is 38.9. The van der Waals surface area contributed by atoms with E-state index in [1.54, 1.807) is 46.5 Å². The molecule has 1 atom stereocenters. The molecule has 3 aromatic carbocycles. The van der Waals surface area contributed by atoms with E-state index in [4.69, 9.17) is 34.4 Å². The van der Waals surface area contributed by atoms with Gasteiger partial charge in [-0.05, 0) is 145 Å². The molecule has 22 heteroatoms. The van der Waals surface area contributed by atoms with Gasteiger partial charge in [0.05, 0.1) is 17.1 Å². The van der Waals surface area contributed by atoms with Gasteiger partial charge in [-0.25, -0.2) is 53.3 Å². The molecule has 6 aromatic heterocycles. The van der Waals surface area contributed by atoms with Gasteiger partial charge in [0.1, 0.15) is 57.8 Å². The van der Waals surface area contributed by atoms with E-state index >= 15 is 0 Å². The predicted octanol–water partition coefficient (Wildman–Crippen LogP) is 11.0. The van der Waals surface area contributed by atoms with Crippen LogP contribution in [0.2, 0.25) is 0 Å². The van der Waals surface area contributed by atoms with Gasteiger partial charge in [0.15, 0.2) is 16.5 Å². The van der Waals surface area contributed by atoms with Crippen molar-refractivity contribution in [1.82, 2.24) is 58.8 Å². The van der Waals surface area contributed by atoms with Crippen LogP contribution in [0.4, 0.5) is 36.0 Å². The number of ether oxygens (including phenoxy) is 2. The molecule has 0 unspecified atom stereocenters. The number of thioether (sulfide) groups is 1. The second-order valence-electron chi connectivity index (χ2n) is 21.4. The van der Waals surface area contributed by atoms with Gasteiger partial charge < -0.3 is 34.4 Å². The molecule has 11 rings (SSSR count). The zero-order valence-corrected chi connectivity index (χ0v) is 47.2. The van der Waals surface area contributed by atoms with Crippen molar-refractivity contribution >= 4 is 63.9 Å². The third-order valence-corrected chi connectivity index (χ3v) is 13.8. The lowest BCUT2D eigenvalue weighted by atomic mass is 10.1. The van der Waals surface area contributed by atoms with Crippen LogP contribution in [0.5, 0.6) is 0 Å². The maximum atomic E-state index is 13.9. The van der Waals surface area contributed by atoms with Crippen LogP contribution in [-0.2, 0) is 9.47 Å². The smallest absolute Gasteiger partial charge is 0.410 e. The van der Waals surface area contributed by atoms with Crippen LogP contribution < -0.4 is 15.1 Å². The minimum Gasteiger partial charge on any atom is -0.444 e. The minimum atomic E-state index is -0.539. The summed E-state index contributed by atoms with van der Waals surface area (Å²) in [4.78, 5) is 70.4. The normalized spacial score (nSPS) is 14.4. The number of hydrogen-bond acceptors (Lipinski definition) is 16. The van der Waals surface area contributed by atoms with Crippen molar-refractivity contribution in [3.8, 4) is 34.4 Å². The summed E-state index contributed by atoms with van der Waals surface area (Å²) in [6.07, 6.45) is 4.73. The van der Waals surface area contributed by atoms with Crippen molar-refractivity contribution < 1.29 is 27.8 Å². The molecule has 81 heavy (non-hydrogen) atoms. The van der Waals surface area contributed by atoms with Crippen LogP contribution in [0.15, 0.2) is 133 Å². The second-order valence-corrected chi connectivity index (χ2v) is 22.2. The van der Waals surface area contributed by atoms with Gasteiger partial charge >= 0.3 is 12.2 Å². The highest BCUT2D eigenvalue weighted by molar-refractivity contribution is 7.98. The van der Waals surface area contributed by atoms with Crippen LogP contribution in [0.3, 0.4) is 0 Å². The van der Waals surface area contributed by atoms with E-state index in [-0.39, 0.29) is 29.9 Å². The Kier molecular flexibility index (Phi) is 16.1. The highest BCUT2D eigenvalue weighted by Crippen LogP contribution is 2.32. The summed E-state index contributed by atoms with van der Waals surface area (Å²) in [5, 5.41) is 4.02. The van der Waals surface area contributed by atoms with E-state index in [1.807, 2.05) is 112 Å². The van der Waals surface area contributed by atoms with E-state index in [0.717, 1.165) is 39.4 Å². The molecule has 0 aliphatic carbocycles. The van der Waals surface area contributed by atoms with E-state index in [2.05, 4.69) is 49.1 Å². The van der Waals surface area contributed by atoms with Crippen LogP contribution in [0.25, 0.3) is 56.7 Å². The molecule has 2 aliphatic heterocycles. The van der Waals surface area contributed by atoms with Gasteiger partial charge in [0.25, 0.3) is 0 Å². The van der Waals surface area contributed by atoms with Gasteiger partial charge in [-0.1, -0.05) is 42.1 Å². The summed E-state index contributed by atoms with van der Waals surface area (Å²) < 4.78 is 42.4. The van der Waals surface area contributed by atoms with Gasteiger partial charge in [-0.15, -0.1) is 0 Å². The quantitative estimate of drug-likeness (QED) is 0.100. The Balaban J connectivity index is 0.000000185. The molecular formula is C59H63F2N15O4S. The molecule has 2 amide bonds. The molecule has 0 radical (unpaired) electrons. The van der Waals surface area contributed by atoms with E-state index in [0.29, 0.717) is 98.0 Å². The third kappa shape index (κ3) is 13.1. The zero-order chi connectivity index (χ0) is 57.0. The Morgan fingerprint density at radius 2 is 0.975 bits per heavy atom. The highest BCUT2D eigenvalue weighted by atomic mass is 32.2. The number of hydrogen-bond donors (Lipinski definition) is 1. The Morgan fingerprint density at radius 3 is 1.42 bits per heavy atom. The predicted molar refractivity (Wildman–Crippen MR) is 310 cm³/mol. The fraction of sp³-hybridized carbons (Fsp3) is 0.322. The van der Waals surface area contributed by atoms with Gasteiger partial charge in [0, 0.05) is 75.9 Å². The Morgan fingerprint density at radius 1 is 0.531 bits per heavy atom. The van der Waals surface area contributed by atoms with E-state index < -0.39 is 11.2 Å². The van der Waals surface area contributed by atoms with E-state index in [9.17, 15) is 18.4 Å². The Labute approximate surface area is 472 Å². The van der Waals surface area contributed by atoms with Crippen LogP contribution in [0, 0.1) is 11.6 Å². The number of carbonyl (C=O) groups is 2. The average Bonchev–Trinajstić information content (AvgIpc) is 4.23. The largest absolute Gasteiger partial charge is 0.444 e. The van der Waals surface area contributed by atoms with Crippen molar-refractivity contribution in [3.05, 3.63) is 145 Å². The lowest BCUT2D eigenvalue weighted by molar-refractivity contribution is 0.0230. The molecule has 0 saturated carbocycles. The average molecular weight is 1120 g/mol. The third-order valence-electron chi connectivity index (χ3n) is 13.3. The van der Waals surface area contributed by atoms with Crippen molar-refractivity contribution in [1.29, 1.82) is 0 Å². The number of nitrogens with one attached hydrogen (secondary N) is 1. The first kappa shape index (κ1) is 55.5. The molecule has 2 saturated heterocycles. The number of carbonyl (C=O) groups excluding carboxylic acids is 2. The molecule has 19 nitrogen and oxygen atoms in total. The van der Waals surface area contributed by atoms with Gasteiger partial charge in [-0.3, -0.25) is 9.13 Å². The molecule has 9 aromatic rings. The number of rotatable bonds is 10. The fourth-order valence-electron chi connectivity index (χ4n) is 9.31. The van der Waals surface area contributed by atoms with Crippen LogP contribution >= 0.6 is 11.8 Å². The number of nitrogens with zero attached hydrogens (tertiary/aromatic N) is 14. The second kappa shape index (κ2) is 23.5. The number of fused-ring (bicyclic) bond motifs is 2. The molecule has 0 bridgehead atoms. The van der Waals surface area contributed by atoms with Gasteiger partial charge in [0.2, 0.25) is 5.95 Å². The number of benzene rings is 3. The standard InChI is InChI=1S/C33H35FN8O2.C26H28FN7O2S/c1-22(23-8-6-5-7-9-23)36-31-35-17-16-28(38-31)42-26-14-15-27(37-29(26)39-30(42)24-10-12-25(34)13-11-24)40-18-20-41(21-19-40)32(43)44-33(2,3)4;1-26(2,3)36-25(35)33-15-13-32(14-16-33)20-10-9-19-22(29-20)31-23(17-5-7-18(27)8-6-17)34(19)21-11-12-28-24(30-21)37-4/h5-17,22H,18-21H2,1-4H3,(H,35,36,38);5-12H,13-16H2,1-4H3/t22-;/m1./s1. The fourth-order valence-corrected chi connectivity index (χ4v) is 9.66. The minimum absolute atomic E-state index is 0.0115. The molecule has 2 fully saturated rings. The van der Waals surface area contributed by atoms with Crippen LogP contribution in [-0.4, -0.2) is 141 Å². The van der Waals surface area contributed by atoms with Crippen molar-refractivity contribution in [2.75, 3.05) is 73.7 Å². The molecule has 1 N–H and O–H groups in total. The highest BCUT2D eigenvalue weighted by Gasteiger charge is 2.29. The summed E-state index contributed by atoms with van der Waals surface area (Å²) >= 11 is 1.45. The SMILES string of the molecule is CSc1nccc(-n2c(-c3ccc(F)cc3)nc3nc(N4CCN(C(=O)OC(C)(C)C)CC4)ccc32)n1.C[C@@H](Nc1nccc(-n2c(-c3ccc(F)cc3)nc3nc(N4CCN(C(=O)OC(C)(C)C)CC4)ccc32)n1)c1ccccc1. The molecule has 2 aliphatic rings. The summed E-state index contributed by atoms with van der Waals surface area (Å²) in [6, 6.07) is 34.0. The van der Waals surface area contributed by atoms with Crippen molar-refractivity contribution in [2.24, 2.45) is 0 Å². The Hall–Kier alpha value is -8.79. The lowest BCUT2D eigenvalue weighted by Gasteiger charge is -2.36. The molecule has 418 valence electrons. The van der Waals surface area contributed by atoms with Crippen LogP contribution in [0.1, 0.15) is 60.1 Å². The first-order valence-electron chi connectivity index (χ1n) is 26.7. The van der Waals surface area contributed by atoms with Gasteiger partial charge in [-0.2, -0.15) is 4.98 Å². The number of halogens is 2. The maximum Gasteiger partial charge on any atom is 0.410 e. The number of imidazole rings is 2. The topological polar surface area (TPSA) is 191 Å². The first-order valence-corrected chi connectivity index (χ1v) is 27.9. The zero-order valence-electron chi connectivity index (χ0n) is 46.4. The number of amides is 2. The van der Waals surface area contributed by atoms with Crippen molar-refractivity contribution in [3.63, 3.8) is 0 Å². The summed E-state index contributed by atoms with van der Waals surface area (Å²) in [5.74, 6) is 3.82. The Bertz CT molecular complexity index is 3670. The number of piperazine rings is 2. The summed E-state index contributed by atoms with van der Waals surface area (Å²) in [6.45, 7) is 17.9. The molecular weight excluding hydrogens is 1050 g/mol. The summed E-state index contributed by atoms with van der Waals surface area (Å²) in [7, 11) is 0. The molecule has 8 heterocycles.